The molecular formula is C21H18BrNO2. The van der Waals surface area contributed by atoms with Crippen molar-refractivity contribution in [2.75, 3.05) is 5.32 Å². The number of rotatable bonds is 5. The summed E-state index contributed by atoms with van der Waals surface area (Å²) in [5, 5.41) is 2.91. The summed E-state index contributed by atoms with van der Waals surface area (Å²) in [6.07, 6.45) is 0. The van der Waals surface area contributed by atoms with Crippen molar-refractivity contribution in [1.29, 1.82) is 0 Å². The summed E-state index contributed by atoms with van der Waals surface area (Å²) in [7, 11) is 0. The Labute approximate surface area is 155 Å². The lowest BCUT2D eigenvalue weighted by Crippen LogP contribution is -2.13. The molecule has 0 atom stereocenters. The Bertz CT molecular complexity index is 875. The number of carbonyl (C=O) groups excluding carboxylic acids is 1. The third-order valence-electron chi connectivity index (χ3n) is 3.78. The second-order valence-electron chi connectivity index (χ2n) is 5.70. The van der Waals surface area contributed by atoms with Crippen molar-refractivity contribution in [2.45, 2.75) is 13.5 Å². The molecule has 3 nitrogen and oxygen atoms in total. The van der Waals surface area contributed by atoms with Crippen molar-refractivity contribution in [1.82, 2.24) is 0 Å². The van der Waals surface area contributed by atoms with Gasteiger partial charge in [-0.15, -0.1) is 0 Å². The van der Waals surface area contributed by atoms with Gasteiger partial charge in [-0.2, -0.15) is 0 Å². The van der Waals surface area contributed by atoms with Crippen LogP contribution in [0.2, 0.25) is 0 Å². The van der Waals surface area contributed by atoms with Gasteiger partial charge in [0.25, 0.3) is 5.91 Å². The van der Waals surface area contributed by atoms with E-state index in [1.165, 1.54) is 0 Å². The molecular weight excluding hydrogens is 378 g/mol. The van der Waals surface area contributed by atoms with Gasteiger partial charge in [0.05, 0.1) is 5.56 Å². The van der Waals surface area contributed by atoms with Crippen LogP contribution in [0.3, 0.4) is 0 Å². The summed E-state index contributed by atoms with van der Waals surface area (Å²) in [5.74, 6) is 0.370. The SMILES string of the molecule is Cc1ccc(NC(=O)c2ccccc2OCc2ccccc2Br)cc1. The van der Waals surface area contributed by atoms with Gasteiger partial charge < -0.3 is 10.1 Å². The van der Waals surface area contributed by atoms with E-state index in [0.717, 1.165) is 21.3 Å². The molecule has 1 N–H and O–H groups in total. The minimum Gasteiger partial charge on any atom is -0.488 e. The molecule has 0 bridgehead atoms. The zero-order valence-corrected chi connectivity index (χ0v) is 15.4. The molecule has 0 unspecified atom stereocenters. The van der Waals surface area contributed by atoms with E-state index in [1.54, 1.807) is 12.1 Å². The Kier molecular flexibility index (Phi) is 5.51. The van der Waals surface area contributed by atoms with Gasteiger partial charge in [0.15, 0.2) is 0 Å². The molecule has 0 aliphatic heterocycles. The minimum absolute atomic E-state index is 0.188. The Hall–Kier alpha value is -2.59. The fourth-order valence-corrected chi connectivity index (χ4v) is 2.79. The topological polar surface area (TPSA) is 38.3 Å². The molecule has 126 valence electrons. The number of halogens is 1. The molecule has 1 amide bonds. The molecule has 0 saturated carbocycles. The van der Waals surface area contributed by atoms with Crippen LogP contribution < -0.4 is 10.1 Å². The van der Waals surface area contributed by atoms with Crippen LogP contribution in [0.4, 0.5) is 5.69 Å². The van der Waals surface area contributed by atoms with Crippen molar-refractivity contribution >= 4 is 27.5 Å². The highest BCUT2D eigenvalue weighted by molar-refractivity contribution is 9.10. The minimum atomic E-state index is -0.188. The smallest absolute Gasteiger partial charge is 0.259 e. The molecule has 0 aromatic heterocycles. The third kappa shape index (κ3) is 4.48. The van der Waals surface area contributed by atoms with Crippen molar-refractivity contribution in [3.63, 3.8) is 0 Å². The molecule has 3 rings (SSSR count). The van der Waals surface area contributed by atoms with Crippen LogP contribution in [0.15, 0.2) is 77.3 Å². The molecule has 0 aliphatic carbocycles. The number of aryl methyl sites for hydroxylation is 1. The third-order valence-corrected chi connectivity index (χ3v) is 4.56. The van der Waals surface area contributed by atoms with E-state index in [-0.39, 0.29) is 5.91 Å². The lowest BCUT2D eigenvalue weighted by Gasteiger charge is -2.12. The van der Waals surface area contributed by atoms with E-state index in [1.807, 2.05) is 67.6 Å². The van der Waals surface area contributed by atoms with Gasteiger partial charge in [0.2, 0.25) is 0 Å². The number of nitrogens with one attached hydrogen (secondary N) is 1. The van der Waals surface area contributed by atoms with Crippen LogP contribution in [0.25, 0.3) is 0 Å². The standard InChI is InChI=1S/C21H18BrNO2/c1-15-10-12-17(13-11-15)23-21(24)18-7-3-5-9-20(18)25-14-16-6-2-4-8-19(16)22/h2-13H,14H2,1H3,(H,23,24). The molecule has 0 spiro atoms. The number of hydrogen-bond donors (Lipinski definition) is 1. The highest BCUT2D eigenvalue weighted by Crippen LogP contribution is 2.23. The number of amides is 1. The van der Waals surface area contributed by atoms with Crippen LogP contribution in [-0.2, 0) is 6.61 Å². The fourth-order valence-electron chi connectivity index (χ4n) is 2.39. The van der Waals surface area contributed by atoms with Gasteiger partial charge in [-0.1, -0.05) is 64.0 Å². The van der Waals surface area contributed by atoms with E-state index in [2.05, 4.69) is 21.2 Å². The van der Waals surface area contributed by atoms with Gasteiger partial charge in [-0.3, -0.25) is 4.79 Å². The number of para-hydroxylation sites is 1. The van der Waals surface area contributed by atoms with Gasteiger partial charge in [0.1, 0.15) is 12.4 Å². The Balaban J connectivity index is 1.75. The summed E-state index contributed by atoms with van der Waals surface area (Å²) in [6.45, 7) is 2.40. The summed E-state index contributed by atoms with van der Waals surface area (Å²) in [5.41, 5.74) is 3.44. The lowest BCUT2D eigenvalue weighted by atomic mass is 10.1. The van der Waals surface area contributed by atoms with Crippen molar-refractivity contribution in [3.05, 3.63) is 94.0 Å². The monoisotopic (exact) mass is 395 g/mol. The van der Waals surface area contributed by atoms with Crippen molar-refractivity contribution in [3.8, 4) is 5.75 Å². The molecule has 0 aliphatic rings. The predicted molar refractivity (Wildman–Crippen MR) is 104 cm³/mol. The summed E-state index contributed by atoms with van der Waals surface area (Å²) < 4.78 is 6.87. The van der Waals surface area contributed by atoms with Gasteiger partial charge >= 0.3 is 0 Å². The maximum absolute atomic E-state index is 12.6. The summed E-state index contributed by atoms with van der Waals surface area (Å²) in [6, 6.07) is 22.8. The maximum Gasteiger partial charge on any atom is 0.259 e. The van der Waals surface area contributed by atoms with Gasteiger partial charge in [0, 0.05) is 15.7 Å². The Morgan fingerprint density at radius 3 is 2.40 bits per heavy atom. The van der Waals surface area contributed by atoms with Crippen molar-refractivity contribution in [2.24, 2.45) is 0 Å². The molecule has 4 heteroatoms. The highest BCUT2D eigenvalue weighted by Gasteiger charge is 2.13. The molecule has 0 radical (unpaired) electrons. The van der Waals surface area contributed by atoms with Crippen LogP contribution in [-0.4, -0.2) is 5.91 Å². The lowest BCUT2D eigenvalue weighted by molar-refractivity contribution is 0.102. The Morgan fingerprint density at radius 2 is 1.64 bits per heavy atom. The van der Waals surface area contributed by atoms with E-state index in [4.69, 9.17) is 4.74 Å². The predicted octanol–water partition coefficient (Wildman–Crippen LogP) is 5.59. The molecule has 3 aromatic rings. The second-order valence-corrected chi connectivity index (χ2v) is 6.55. The number of hydrogen-bond acceptors (Lipinski definition) is 2. The average Bonchev–Trinajstić information content (AvgIpc) is 2.63. The first-order chi connectivity index (χ1) is 12.1. The molecule has 0 fully saturated rings. The zero-order valence-electron chi connectivity index (χ0n) is 13.8. The largest absolute Gasteiger partial charge is 0.488 e. The number of carbonyl (C=O) groups is 1. The number of ether oxygens (including phenoxy) is 1. The first-order valence-corrected chi connectivity index (χ1v) is 8.76. The normalized spacial score (nSPS) is 10.3. The number of benzene rings is 3. The van der Waals surface area contributed by atoms with Crippen LogP contribution in [0.1, 0.15) is 21.5 Å². The first kappa shape index (κ1) is 17.2. The quantitative estimate of drug-likeness (QED) is 0.611. The molecule has 3 aromatic carbocycles. The first-order valence-electron chi connectivity index (χ1n) is 7.97. The molecule has 25 heavy (non-hydrogen) atoms. The number of anilines is 1. The van der Waals surface area contributed by atoms with Crippen LogP contribution in [0.5, 0.6) is 5.75 Å². The van der Waals surface area contributed by atoms with Crippen molar-refractivity contribution < 1.29 is 9.53 Å². The second kappa shape index (κ2) is 7.99. The average molecular weight is 396 g/mol. The fraction of sp³-hybridized carbons (Fsp3) is 0.0952. The highest BCUT2D eigenvalue weighted by atomic mass is 79.9. The summed E-state index contributed by atoms with van der Waals surface area (Å²) >= 11 is 3.51. The van der Waals surface area contributed by atoms with E-state index < -0.39 is 0 Å². The van der Waals surface area contributed by atoms with E-state index in [0.29, 0.717) is 17.9 Å². The van der Waals surface area contributed by atoms with E-state index in [9.17, 15) is 4.79 Å². The Morgan fingerprint density at radius 1 is 0.960 bits per heavy atom. The van der Waals surface area contributed by atoms with Crippen LogP contribution >= 0.6 is 15.9 Å². The van der Waals surface area contributed by atoms with Crippen LogP contribution in [0, 0.1) is 6.92 Å². The summed E-state index contributed by atoms with van der Waals surface area (Å²) in [4.78, 5) is 12.6. The van der Waals surface area contributed by atoms with E-state index >= 15 is 0 Å². The molecule has 0 heterocycles. The maximum atomic E-state index is 12.6. The van der Waals surface area contributed by atoms with Gasteiger partial charge in [-0.05, 0) is 37.3 Å². The molecule has 0 saturated heterocycles. The van der Waals surface area contributed by atoms with Gasteiger partial charge in [-0.25, -0.2) is 0 Å². The zero-order chi connectivity index (χ0) is 17.6.